The minimum atomic E-state index is -0.573. The summed E-state index contributed by atoms with van der Waals surface area (Å²) in [7, 11) is 0. The summed E-state index contributed by atoms with van der Waals surface area (Å²) in [5.41, 5.74) is 1.31. The smallest absolute Gasteiger partial charge is 0.266 e. The van der Waals surface area contributed by atoms with E-state index in [0.29, 0.717) is 27.6 Å². The number of nitrogens with one attached hydrogen (secondary N) is 1. The zero-order chi connectivity index (χ0) is 21.5. The van der Waals surface area contributed by atoms with E-state index in [-0.39, 0.29) is 23.0 Å². The molecule has 1 N–H and O–H groups in total. The summed E-state index contributed by atoms with van der Waals surface area (Å²) in [6.45, 7) is 0.0209. The second kappa shape index (κ2) is 9.93. The van der Waals surface area contributed by atoms with Gasteiger partial charge in [-0.1, -0.05) is 53.5 Å². The standard InChI is InChI=1S/C23H15Cl2FN2O2/c24-18-5-3-6-19(12-18)28-23(29)17(13-27)10-15-8-9-22(20(25)11-15)30-14-16-4-1-2-7-21(16)26/h1-12H,14H2,(H,28,29)/b17-10+. The third-order valence-electron chi connectivity index (χ3n) is 4.06. The Morgan fingerprint density at radius 1 is 1.10 bits per heavy atom. The Hall–Kier alpha value is -3.33. The second-order valence-electron chi connectivity index (χ2n) is 6.20. The molecule has 0 spiro atoms. The average molecular weight is 441 g/mol. The van der Waals surface area contributed by atoms with Crippen molar-refractivity contribution >= 4 is 40.9 Å². The fourth-order valence-corrected chi connectivity index (χ4v) is 3.01. The van der Waals surface area contributed by atoms with Gasteiger partial charge in [-0.3, -0.25) is 4.79 Å². The van der Waals surface area contributed by atoms with Crippen molar-refractivity contribution in [1.29, 1.82) is 5.26 Å². The van der Waals surface area contributed by atoms with Crippen LogP contribution < -0.4 is 10.1 Å². The van der Waals surface area contributed by atoms with Crippen LogP contribution in [-0.4, -0.2) is 5.91 Å². The fourth-order valence-electron chi connectivity index (χ4n) is 2.57. The molecule has 0 saturated heterocycles. The van der Waals surface area contributed by atoms with Crippen molar-refractivity contribution in [3.8, 4) is 11.8 Å². The SMILES string of the molecule is N#C/C(=C\c1ccc(OCc2ccccc2F)c(Cl)c1)C(=O)Nc1cccc(Cl)c1. The van der Waals surface area contributed by atoms with Gasteiger partial charge in [-0.2, -0.15) is 5.26 Å². The molecule has 0 radical (unpaired) electrons. The molecule has 0 heterocycles. The lowest BCUT2D eigenvalue weighted by Crippen LogP contribution is -2.13. The Morgan fingerprint density at radius 3 is 2.60 bits per heavy atom. The number of hydrogen-bond acceptors (Lipinski definition) is 3. The third-order valence-corrected chi connectivity index (χ3v) is 4.59. The normalized spacial score (nSPS) is 10.9. The largest absolute Gasteiger partial charge is 0.487 e. The highest BCUT2D eigenvalue weighted by Crippen LogP contribution is 2.27. The monoisotopic (exact) mass is 440 g/mol. The van der Waals surface area contributed by atoms with Crippen molar-refractivity contribution in [3.05, 3.63) is 99.3 Å². The maximum atomic E-state index is 13.7. The first-order valence-electron chi connectivity index (χ1n) is 8.81. The summed E-state index contributed by atoms with van der Waals surface area (Å²) in [6.07, 6.45) is 1.41. The van der Waals surface area contributed by atoms with Crippen LogP contribution in [0.4, 0.5) is 10.1 Å². The van der Waals surface area contributed by atoms with E-state index in [1.54, 1.807) is 60.7 Å². The van der Waals surface area contributed by atoms with E-state index in [2.05, 4.69) is 5.32 Å². The number of nitriles is 1. The molecule has 0 atom stereocenters. The van der Waals surface area contributed by atoms with Gasteiger partial charge in [0.1, 0.15) is 29.8 Å². The molecule has 0 saturated carbocycles. The second-order valence-corrected chi connectivity index (χ2v) is 7.05. The number of carbonyl (C=O) groups excluding carboxylic acids is 1. The summed E-state index contributed by atoms with van der Waals surface area (Å²) in [6, 6.07) is 19.6. The molecule has 0 aliphatic heterocycles. The molecule has 0 unspecified atom stereocenters. The van der Waals surface area contributed by atoms with Gasteiger partial charge >= 0.3 is 0 Å². The predicted molar refractivity (Wildman–Crippen MR) is 116 cm³/mol. The van der Waals surface area contributed by atoms with Crippen LogP contribution in [0, 0.1) is 17.1 Å². The lowest BCUT2D eigenvalue weighted by Gasteiger charge is -2.09. The first kappa shape index (κ1) is 21.4. The minimum absolute atomic E-state index is 0.0209. The molecule has 0 bridgehead atoms. The molecule has 0 fully saturated rings. The van der Waals surface area contributed by atoms with Crippen LogP contribution in [0.15, 0.2) is 72.3 Å². The summed E-state index contributed by atoms with van der Waals surface area (Å²) in [5, 5.41) is 12.7. The molecular formula is C23H15Cl2FN2O2. The molecule has 1 amide bonds. The predicted octanol–water partition coefficient (Wildman–Crippen LogP) is 6.26. The molecule has 0 aliphatic rings. The van der Waals surface area contributed by atoms with E-state index in [0.717, 1.165) is 0 Å². The molecule has 7 heteroatoms. The molecule has 4 nitrogen and oxygen atoms in total. The fraction of sp³-hybridized carbons (Fsp3) is 0.0435. The van der Waals surface area contributed by atoms with Crippen molar-refractivity contribution in [2.75, 3.05) is 5.32 Å². The van der Waals surface area contributed by atoms with E-state index < -0.39 is 5.91 Å². The van der Waals surface area contributed by atoms with Gasteiger partial charge in [0.05, 0.1) is 5.02 Å². The lowest BCUT2D eigenvalue weighted by atomic mass is 10.1. The number of anilines is 1. The van der Waals surface area contributed by atoms with Crippen molar-refractivity contribution in [3.63, 3.8) is 0 Å². The van der Waals surface area contributed by atoms with E-state index in [9.17, 15) is 14.4 Å². The van der Waals surface area contributed by atoms with Crippen LogP contribution >= 0.6 is 23.2 Å². The minimum Gasteiger partial charge on any atom is -0.487 e. The van der Waals surface area contributed by atoms with Gasteiger partial charge in [-0.15, -0.1) is 0 Å². The topological polar surface area (TPSA) is 62.1 Å². The summed E-state index contributed by atoms with van der Waals surface area (Å²) in [5.74, 6) is -0.577. The first-order valence-corrected chi connectivity index (χ1v) is 9.56. The first-order chi connectivity index (χ1) is 14.5. The van der Waals surface area contributed by atoms with Gasteiger partial charge < -0.3 is 10.1 Å². The Labute approximate surface area is 183 Å². The van der Waals surface area contributed by atoms with Gasteiger partial charge in [-0.05, 0) is 48.0 Å². The quantitative estimate of drug-likeness (QED) is 0.363. The number of carbonyl (C=O) groups is 1. The highest BCUT2D eigenvalue weighted by Gasteiger charge is 2.11. The molecule has 3 aromatic rings. The van der Waals surface area contributed by atoms with E-state index in [1.165, 1.54) is 12.1 Å². The van der Waals surface area contributed by atoms with Crippen molar-refractivity contribution in [1.82, 2.24) is 0 Å². The van der Waals surface area contributed by atoms with Gasteiger partial charge in [-0.25, -0.2) is 4.39 Å². The summed E-state index contributed by atoms with van der Waals surface area (Å²) >= 11 is 12.1. The number of ether oxygens (including phenoxy) is 1. The highest BCUT2D eigenvalue weighted by atomic mass is 35.5. The average Bonchev–Trinajstić information content (AvgIpc) is 2.72. The Kier molecular flexibility index (Phi) is 7.08. The van der Waals surface area contributed by atoms with Gasteiger partial charge in [0.2, 0.25) is 0 Å². The van der Waals surface area contributed by atoms with Crippen molar-refractivity contribution < 1.29 is 13.9 Å². The van der Waals surface area contributed by atoms with Crippen LogP contribution in [-0.2, 0) is 11.4 Å². The van der Waals surface area contributed by atoms with E-state index in [1.807, 2.05) is 6.07 Å². The molecule has 3 aromatic carbocycles. The van der Waals surface area contributed by atoms with E-state index >= 15 is 0 Å². The maximum Gasteiger partial charge on any atom is 0.266 e. The molecule has 150 valence electrons. The Morgan fingerprint density at radius 2 is 1.90 bits per heavy atom. The number of benzene rings is 3. The number of halogens is 3. The number of hydrogen-bond donors (Lipinski definition) is 1. The zero-order valence-corrected chi connectivity index (χ0v) is 17.0. The van der Waals surface area contributed by atoms with Crippen LogP contribution in [0.2, 0.25) is 10.0 Å². The number of nitrogens with zero attached hydrogens (tertiary/aromatic N) is 1. The van der Waals surface area contributed by atoms with Crippen LogP contribution in [0.5, 0.6) is 5.75 Å². The van der Waals surface area contributed by atoms with Gasteiger partial charge in [0, 0.05) is 16.3 Å². The van der Waals surface area contributed by atoms with Crippen LogP contribution in [0.25, 0.3) is 6.08 Å². The van der Waals surface area contributed by atoms with Gasteiger partial charge in [0.25, 0.3) is 5.91 Å². The van der Waals surface area contributed by atoms with Gasteiger partial charge in [0.15, 0.2) is 0 Å². The molecular weight excluding hydrogens is 426 g/mol. The lowest BCUT2D eigenvalue weighted by molar-refractivity contribution is -0.112. The van der Waals surface area contributed by atoms with Crippen LogP contribution in [0.3, 0.4) is 0 Å². The number of rotatable bonds is 6. The maximum absolute atomic E-state index is 13.7. The molecule has 30 heavy (non-hydrogen) atoms. The zero-order valence-electron chi connectivity index (χ0n) is 15.5. The molecule has 0 aromatic heterocycles. The van der Waals surface area contributed by atoms with Crippen LogP contribution in [0.1, 0.15) is 11.1 Å². The Balaban J connectivity index is 1.72. The van der Waals surface area contributed by atoms with Crippen molar-refractivity contribution in [2.24, 2.45) is 0 Å². The number of amides is 1. The third kappa shape index (κ3) is 5.60. The Bertz CT molecular complexity index is 1160. The summed E-state index contributed by atoms with van der Waals surface area (Å²) in [4.78, 5) is 12.4. The summed E-state index contributed by atoms with van der Waals surface area (Å²) < 4.78 is 19.3. The highest BCUT2D eigenvalue weighted by molar-refractivity contribution is 6.32. The van der Waals surface area contributed by atoms with Crippen molar-refractivity contribution in [2.45, 2.75) is 6.61 Å². The molecule has 0 aliphatic carbocycles. The molecule has 3 rings (SSSR count). The van der Waals surface area contributed by atoms with E-state index in [4.69, 9.17) is 27.9 Å².